The van der Waals surface area contributed by atoms with Gasteiger partial charge in [0.25, 0.3) is 23.0 Å². The molecule has 1 aliphatic heterocycles. The first kappa shape index (κ1) is 9.81. The molecule has 0 saturated heterocycles. The molecule has 1 atom stereocenters. The minimum atomic E-state index is -2.20. The quantitative estimate of drug-likeness (QED) is 0.501. The van der Waals surface area contributed by atoms with Crippen molar-refractivity contribution in [1.82, 2.24) is 0 Å². The molecule has 1 unspecified atom stereocenters. The normalized spacial score (nSPS) is 15.8. The average molecular weight is 226 g/mol. The second-order valence-corrected chi connectivity index (χ2v) is 3.60. The molecule has 6 nitrogen and oxygen atoms in total. The SMILES string of the molecule is O=C1Nc2ccc(NS(=O)O)cc2C1=O. The van der Waals surface area contributed by atoms with Gasteiger partial charge in [0.1, 0.15) is 0 Å². The summed E-state index contributed by atoms with van der Waals surface area (Å²) in [5.74, 6) is -1.33. The van der Waals surface area contributed by atoms with E-state index in [-0.39, 0.29) is 5.56 Å². The zero-order chi connectivity index (χ0) is 11.0. The van der Waals surface area contributed by atoms with Crippen LogP contribution in [0.2, 0.25) is 0 Å². The van der Waals surface area contributed by atoms with E-state index >= 15 is 0 Å². The van der Waals surface area contributed by atoms with E-state index in [9.17, 15) is 13.8 Å². The van der Waals surface area contributed by atoms with Gasteiger partial charge in [-0.2, -0.15) is 0 Å². The third-order valence-corrected chi connectivity index (χ3v) is 2.33. The van der Waals surface area contributed by atoms with E-state index in [4.69, 9.17) is 4.55 Å². The minimum Gasteiger partial charge on any atom is -0.318 e. The molecule has 1 aromatic carbocycles. The van der Waals surface area contributed by atoms with Crippen LogP contribution in [0.25, 0.3) is 0 Å². The van der Waals surface area contributed by atoms with E-state index in [1.165, 1.54) is 18.2 Å². The topological polar surface area (TPSA) is 95.5 Å². The average Bonchev–Trinajstić information content (AvgIpc) is 2.43. The van der Waals surface area contributed by atoms with E-state index in [0.717, 1.165) is 0 Å². The van der Waals surface area contributed by atoms with Crippen LogP contribution in [-0.2, 0) is 16.1 Å². The van der Waals surface area contributed by atoms with Crippen molar-refractivity contribution in [1.29, 1.82) is 0 Å². The summed E-state index contributed by atoms with van der Waals surface area (Å²) in [6, 6.07) is 4.34. The third kappa shape index (κ3) is 1.74. The molecule has 1 aliphatic rings. The van der Waals surface area contributed by atoms with Crippen LogP contribution in [0.15, 0.2) is 18.2 Å². The van der Waals surface area contributed by atoms with Crippen molar-refractivity contribution in [2.75, 3.05) is 10.0 Å². The number of nitrogens with one attached hydrogen (secondary N) is 2. The molecule has 3 N–H and O–H groups in total. The van der Waals surface area contributed by atoms with Crippen molar-refractivity contribution in [2.45, 2.75) is 0 Å². The zero-order valence-corrected chi connectivity index (χ0v) is 8.13. The fraction of sp³-hybridized carbons (Fsp3) is 0. The maximum atomic E-state index is 11.3. The van der Waals surface area contributed by atoms with Gasteiger partial charge in [0.05, 0.1) is 11.3 Å². The van der Waals surface area contributed by atoms with Crippen LogP contribution in [0.4, 0.5) is 11.4 Å². The Kier molecular flexibility index (Phi) is 2.25. The first-order valence-corrected chi connectivity index (χ1v) is 5.06. The second-order valence-electron chi connectivity index (χ2n) is 2.89. The Balaban J connectivity index is 2.39. The lowest BCUT2D eigenvalue weighted by atomic mass is 10.1. The molecule has 1 amide bonds. The van der Waals surface area contributed by atoms with Crippen molar-refractivity contribution in [3.8, 4) is 0 Å². The van der Waals surface area contributed by atoms with Crippen molar-refractivity contribution in [2.24, 2.45) is 0 Å². The molecule has 15 heavy (non-hydrogen) atoms. The predicted octanol–water partition coefficient (Wildman–Crippen LogP) is 0.370. The highest BCUT2D eigenvalue weighted by Crippen LogP contribution is 2.26. The zero-order valence-electron chi connectivity index (χ0n) is 7.31. The molecule has 0 bridgehead atoms. The predicted molar refractivity (Wildman–Crippen MR) is 53.8 cm³/mol. The standard InChI is InChI=1S/C8H6N2O4S/c11-7-5-3-4(10-15(13)14)1-2-6(5)9-8(7)12/h1-3,10H,(H,13,14)(H,9,11,12). The van der Waals surface area contributed by atoms with Crippen molar-refractivity contribution >= 4 is 34.3 Å². The molecular formula is C8H6N2O4S. The molecule has 78 valence electrons. The molecule has 7 heteroatoms. The molecule has 2 rings (SSSR count). The van der Waals surface area contributed by atoms with Crippen molar-refractivity contribution in [3.05, 3.63) is 23.8 Å². The van der Waals surface area contributed by atoms with Crippen LogP contribution in [0.1, 0.15) is 10.4 Å². The van der Waals surface area contributed by atoms with E-state index in [1.54, 1.807) is 0 Å². The first-order chi connectivity index (χ1) is 7.08. The number of ketones is 1. The van der Waals surface area contributed by atoms with E-state index in [1.807, 2.05) is 0 Å². The van der Waals surface area contributed by atoms with Crippen LogP contribution in [-0.4, -0.2) is 20.5 Å². The van der Waals surface area contributed by atoms with E-state index in [0.29, 0.717) is 11.4 Å². The minimum absolute atomic E-state index is 0.204. The van der Waals surface area contributed by atoms with Crippen LogP contribution < -0.4 is 10.0 Å². The van der Waals surface area contributed by atoms with Gasteiger partial charge < -0.3 is 5.32 Å². The smallest absolute Gasteiger partial charge is 0.296 e. The Bertz CT molecular complexity index is 486. The van der Waals surface area contributed by atoms with Gasteiger partial charge in [0.15, 0.2) is 0 Å². The molecule has 0 spiro atoms. The maximum Gasteiger partial charge on any atom is 0.296 e. The number of amides is 1. The fourth-order valence-electron chi connectivity index (χ4n) is 1.31. The summed E-state index contributed by atoms with van der Waals surface area (Å²) in [4.78, 5) is 22.2. The monoisotopic (exact) mass is 226 g/mol. The molecule has 0 radical (unpaired) electrons. The fourth-order valence-corrected chi connectivity index (χ4v) is 1.64. The number of carbonyl (C=O) groups excluding carboxylic acids is 2. The number of benzene rings is 1. The number of rotatable bonds is 2. The summed E-state index contributed by atoms with van der Waals surface area (Å²) in [7, 11) is 0. The van der Waals surface area contributed by atoms with Crippen LogP contribution in [0, 0.1) is 0 Å². The summed E-state index contributed by atoms with van der Waals surface area (Å²) in [6.45, 7) is 0. The first-order valence-electron chi connectivity index (χ1n) is 3.95. The lowest BCUT2D eigenvalue weighted by Gasteiger charge is -2.02. The Hall–Kier alpha value is -1.73. The highest BCUT2D eigenvalue weighted by Gasteiger charge is 2.27. The summed E-state index contributed by atoms with van der Waals surface area (Å²) in [5.41, 5.74) is 0.925. The summed E-state index contributed by atoms with van der Waals surface area (Å²) >= 11 is -2.20. The Morgan fingerprint density at radius 2 is 2.07 bits per heavy atom. The number of fused-ring (bicyclic) bond motifs is 1. The molecule has 1 aromatic rings. The molecular weight excluding hydrogens is 220 g/mol. The maximum absolute atomic E-state index is 11.3. The van der Waals surface area contributed by atoms with Gasteiger partial charge in [0, 0.05) is 5.69 Å². The molecule has 0 aromatic heterocycles. The third-order valence-electron chi connectivity index (χ3n) is 1.92. The Morgan fingerprint density at radius 3 is 2.73 bits per heavy atom. The van der Waals surface area contributed by atoms with Crippen LogP contribution >= 0.6 is 0 Å². The lowest BCUT2D eigenvalue weighted by Crippen LogP contribution is -2.12. The molecule has 0 saturated carbocycles. The highest BCUT2D eigenvalue weighted by molar-refractivity contribution is 7.80. The van der Waals surface area contributed by atoms with Gasteiger partial charge in [-0.1, -0.05) is 0 Å². The van der Waals surface area contributed by atoms with Gasteiger partial charge in [-0.05, 0) is 18.2 Å². The van der Waals surface area contributed by atoms with Gasteiger partial charge in [0.2, 0.25) is 0 Å². The van der Waals surface area contributed by atoms with Crippen molar-refractivity contribution < 1.29 is 18.4 Å². The summed E-state index contributed by atoms with van der Waals surface area (Å²) < 4.78 is 21.2. The Labute approximate surface area is 87.1 Å². The van der Waals surface area contributed by atoms with Crippen LogP contribution in [0.3, 0.4) is 0 Å². The van der Waals surface area contributed by atoms with Gasteiger partial charge in [-0.25, -0.2) is 4.21 Å². The number of carbonyl (C=O) groups is 2. The molecule has 0 aliphatic carbocycles. The van der Waals surface area contributed by atoms with Gasteiger partial charge >= 0.3 is 0 Å². The molecule has 0 fully saturated rings. The van der Waals surface area contributed by atoms with E-state index in [2.05, 4.69) is 10.0 Å². The summed E-state index contributed by atoms with van der Waals surface area (Å²) in [5, 5.41) is 2.37. The van der Waals surface area contributed by atoms with Gasteiger partial charge in [-0.3, -0.25) is 18.9 Å². The second kappa shape index (κ2) is 3.44. The Morgan fingerprint density at radius 1 is 1.33 bits per heavy atom. The van der Waals surface area contributed by atoms with Crippen LogP contribution in [0.5, 0.6) is 0 Å². The number of anilines is 2. The number of hydrogen-bond acceptors (Lipinski definition) is 3. The number of hydrogen-bond donors (Lipinski definition) is 3. The van der Waals surface area contributed by atoms with E-state index < -0.39 is 23.0 Å². The van der Waals surface area contributed by atoms with Gasteiger partial charge in [-0.15, -0.1) is 0 Å². The highest BCUT2D eigenvalue weighted by atomic mass is 32.2. The largest absolute Gasteiger partial charge is 0.318 e. The summed E-state index contributed by atoms with van der Waals surface area (Å²) in [6.07, 6.45) is 0. The molecule has 1 heterocycles. The lowest BCUT2D eigenvalue weighted by molar-refractivity contribution is -0.112. The number of Topliss-reactive ketones (excluding diaryl/α,β-unsaturated/α-hetero) is 1. The van der Waals surface area contributed by atoms with Crippen molar-refractivity contribution in [3.63, 3.8) is 0 Å².